The molecule has 0 fully saturated rings. The molecule has 0 aliphatic heterocycles. The molecule has 0 aliphatic rings. The lowest BCUT2D eigenvalue weighted by Crippen LogP contribution is -2.45. The van der Waals surface area contributed by atoms with Gasteiger partial charge in [0.25, 0.3) is 0 Å². The zero-order chi connectivity index (χ0) is 45.8. The second-order valence-corrected chi connectivity index (χ2v) is 18.9. The van der Waals surface area contributed by atoms with Gasteiger partial charge in [-0.3, -0.25) is 9.59 Å². The third-order valence-electron chi connectivity index (χ3n) is 12.7. The maximum absolute atomic E-state index is 12.5. The summed E-state index contributed by atoms with van der Waals surface area (Å²) in [5.74, 6) is -0.0962. The van der Waals surface area contributed by atoms with Crippen molar-refractivity contribution < 1.29 is 24.5 Å². The Hall–Kier alpha value is -1.92. The van der Waals surface area contributed by atoms with E-state index in [4.69, 9.17) is 4.74 Å². The topological polar surface area (TPSA) is 95.9 Å². The van der Waals surface area contributed by atoms with E-state index in [2.05, 4.69) is 43.5 Å². The standard InChI is InChI=1S/C57H107NO5/c1-3-5-7-9-11-13-15-17-19-20-21-22-25-29-33-37-41-45-49-55(60)54(53-59)58-56(61)50-46-42-38-34-30-26-23-24-28-32-36-40-44-48-52-63-57(62)51-47-43-39-35-31-27-18-16-14-12-10-8-6-4-2/h10,12,16,18,45,49,54-55,59-60H,3-9,11,13-15,17,19-44,46-48,50-53H2,1-2H3,(H,58,61)/b12-10-,18-16-,49-45+. The summed E-state index contributed by atoms with van der Waals surface area (Å²) in [5.41, 5.74) is 0. The summed E-state index contributed by atoms with van der Waals surface area (Å²) in [6.07, 6.45) is 64.3. The molecule has 0 aromatic rings. The highest BCUT2D eigenvalue weighted by Crippen LogP contribution is 2.16. The number of hydrogen-bond acceptors (Lipinski definition) is 5. The number of carbonyl (C=O) groups is 2. The molecule has 2 unspecified atom stereocenters. The van der Waals surface area contributed by atoms with E-state index in [0.29, 0.717) is 19.4 Å². The number of carbonyl (C=O) groups excluding carboxylic acids is 2. The zero-order valence-corrected chi connectivity index (χ0v) is 42.1. The molecule has 3 N–H and O–H groups in total. The zero-order valence-electron chi connectivity index (χ0n) is 42.1. The van der Waals surface area contributed by atoms with Crippen LogP contribution in [0.1, 0.15) is 290 Å². The normalized spacial score (nSPS) is 12.9. The Bertz CT molecular complexity index is 1020. The van der Waals surface area contributed by atoms with Crippen LogP contribution >= 0.6 is 0 Å². The smallest absolute Gasteiger partial charge is 0.305 e. The minimum atomic E-state index is -0.853. The molecule has 0 aromatic carbocycles. The summed E-state index contributed by atoms with van der Waals surface area (Å²) >= 11 is 0. The summed E-state index contributed by atoms with van der Waals surface area (Å²) in [6, 6.07) is -0.637. The van der Waals surface area contributed by atoms with Crippen LogP contribution in [-0.2, 0) is 14.3 Å². The molecule has 1 amide bonds. The molecular formula is C57H107NO5. The Morgan fingerprint density at radius 1 is 0.444 bits per heavy atom. The third kappa shape index (κ3) is 49.4. The summed E-state index contributed by atoms with van der Waals surface area (Å²) < 4.78 is 5.46. The molecule has 0 aromatic heterocycles. The summed E-state index contributed by atoms with van der Waals surface area (Å²) in [5, 5.41) is 23.1. The first-order valence-corrected chi connectivity index (χ1v) is 27.8. The minimum absolute atomic E-state index is 0.0182. The monoisotopic (exact) mass is 886 g/mol. The maximum Gasteiger partial charge on any atom is 0.305 e. The highest BCUT2D eigenvalue weighted by Gasteiger charge is 2.18. The van der Waals surface area contributed by atoms with Gasteiger partial charge in [-0.25, -0.2) is 0 Å². The number of aliphatic hydroxyl groups excluding tert-OH is 2. The number of esters is 1. The van der Waals surface area contributed by atoms with Crippen LogP contribution in [0.5, 0.6) is 0 Å². The van der Waals surface area contributed by atoms with Gasteiger partial charge >= 0.3 is 5.97 Å². The van der Waals surface area contributed by atoms with Crippen LogP contribution in [0, 0.1) is 0 Å². The Balaban J connectivity index is 3.49. The number of aliphatic hydroxyl groups is 2. The molecule has 0 spiro atoms. The molecule has 0 saturated carbocycles. The van der Waals surface area contributed by atoms with E-state index in [-0.39, 0.29) is 18.5 Å². The van der Waals surface area contributed by atoms with Crippen LogP contribution in [-0.4, -0.2) is 47.4 Å². The van der Waals surface area contributed by atoms with Gasteiger partial charge in [0.2, 0.25) is 5.91 Å². The van der Waals surface area contributed by atoms with Crippen molar-refractivity contribution in [3.63, 3.8) is 0 Å². The molecule has 6 heteroatoms. The SMILES string of the molecule is CCCC/C=C\C/C=C\CCCCCCCC(=O)OCCCCCCCCCCCCCCCCC(=O)NC(CO)C(O)/C=C/CCCCCCCCCCCCCCCCCC. The first-order chi connectivity index (χ1) is 31.0. The number of hydrogen-bond donors (Lipinski definition) is 3. The van der Waals surface area contributed by atoms with E-state index in [0.717, 1.165) is 64.2 Å². The summed E-state index contributed by atoms with van der Waals surface area (Å²) in [4.78, 5) is 24.5. The van der Waals surface area contributed by atoms with E-state index in [1.54, 1.807) is 6.08 Å². The Labute approximate surface area is 392 Å². The van der Waals surface area contributed by atoms with Gasteiger partial charge in [0, 0.05) is 12.8 Å². The van der Waals surface area contributed by atoms with Crippen LogP contribution in [0.4, 0.5) is 0 Å². The lowest BCUT2D eigenvalue weighted by molar-refractivity contribution is -0.143. The second kappa shape index (κ2) is 52.7. The lowest BCUT2D eigenvalue weighted by atomic mass is 10.0. The van der Waals surface area contributed by atoms with Crippen molar-refractivity contribution in [1.82, 2.24) is 5.32 Å². The van der Waals surface area contributed by atoms with Gasteiger partial charge in [-0.1, -0.05) is 256 Å². The fourth-order valence-electron chi connectivity index (χ4n) is 8.36. The molecule has 0 radical (unpaired) electrons. The second-order valence-electron chi connectivity index (χ2n) is 18.9. The van der Waals surface area contributed by atoms with Crippen molar-refractivity contribution in [3.05, 3.63) is 36.5 Å². The van der Waals surface area contributed by atoms with Gasteiger partial charge in [0.05, 0.1) is 25.4 Å². The lowest BCUT2D eigenvalue weighted by Gasteiger charge is -2.20. The highest BCUT2D eigenvalue weighted by molar-refractivity contribution is 5.76. The maximum atomic E-state index is 12.5. The van der Waals surface area contributed by atoms with Crippen molar-refractivity contribution in [2.24, 2.45) is 0 Å². The van der Waals surface area contributed by atoms with Crippen LogP contribution in [0.3, 0.4) is 0 Å². The van der Waals surface area contributed by atoms with Crippen LogP contribution < -0.4 is 5.32 Å². The minimum Gasteiger partial charge on any atom is -0.466 e. The molecule has 370 valence electrons. The van der Waals surface area contributed by atoms with Crippen LogP contribution in [0.25, 0.3) is 0 Å². The van der Waals surface area contributed by atoms with Gasteiger partial charge in [-0.05, 0) is 57.8 Å². The number of allylic oxidation sites excluding steroid dienone is 5. The Morgan fingerprint density at radius 2 is 0.810 bits per heavy atom. The summed E-state index contributed by atoms with van der Waals surface area (Å²) in [6.45, 7) is 4.84. The average Bonchev–Trinajstić information content (AvgIpc) is 3.28. The number of unbranched alkanes of at least 4 members (excludes halogenated alkanes) is 36. The van der Waals surface area contributed by atoms with Gasteiger partial charge < -0.3 is 20.3 Å². The molecule has 0 bridgehead atoms. The predicted molar refractivity (Wildman–Crippen MR) is 273 cm³/mol. The van der Waals surface area contributed by atoms with Crippen molar-refractivity contribution in [2.75, 3.05) is 13.2 Å². The van der Waals surface area contributed by atoms with E-state index < -0.39 is 12.1 Å². The quantitative estimate of drug-likeness (QED) is 0.0321. The number of rotatable bonds is 51. The highest BCUT2D eigenvalue weighted by atomic mass is 16.5. The molecule has 6 nitrogen and oxygen atoms in total. The van der Waals surface area contributed by atoms with Gasteiger partial charge in [0.15, 0.2) is 0 Å². The fraction of sp³-hybridized carbons (Fsp3) is 0.860. The molecule has 0 rings (SSSR count). The molecule has 63 heavy (non-hydrogen) atoms. The molecule has 0 saturated heterocycles. The molecule has 2 atom stereocenters. The first-order valence-electron chi connectivity index (χ1n) is 27.8. The van der Waals surface area contributed by atoms with E-state index in [1.165, 1.54) is 199 Å². The predicted octanol–water partition coefficient (Wildman–Crippen LogP) is 16.9. The van der Waals surface area contributed by atoms with Crippen molar-refractivity contribution in [3.8, 4) is 0 Å². The van der Waals surface area contributed by atoms with Crippen molar-refractivity contribution in [2.45, 2.75) is 302 Å². The van der Waals surface area contributed by atoms with Crippen LogP contribution in [0.2, 0.25) is 0 Å². The van der Waals surface area contributed by atoms with E-state index in [9.17, 15) is 19.8 Å². The van der Waals surface area contributed by atoms with Crippen molar-refractivity contribution in [1.29, 1.82) is 0 Å². The average molecular weight is 886 g/mol. The fourth-order valence-corrected chi connectivity index (χ4v) is 8.36. The first kappa shape index (κ1) is 61.1. The molecule has 0 aliphatic carbocycles. The summed E-state index contributed by atoms with van der Waals surface area (Å²) in [7, 11) is 0. The van der Waals surface area contributed by atoms with Gasteiger partial charge in [0.1, 0.15) is 0 Å². The molecule has 0 heterocycles. The Morgan fingerprint density at radius 3 is 1.25 bits per heavy atom. The van der Waals surface area contributed by atoms with Gasteiger partial charge in [-0.2, -0.15) is 0 Å². The number of ether oxygens (including phenoxy) is 1. The third-order valence-corrected chi connectivity index (χ3v) is 12.7. The van der Waals surface area contributed by atoms with E-state index >= 15 is 0 Å². The van der Waals surface area contributed by atoms with Crippen LogP contribution in [0.15, 0.2) is 36.5 Å². The molecular weight excluding hydrogens is 779 g/mol. The van der Waals surface area contributed by atoms with Crippen molar-refractivity contribution >= 4 is 11.9 Å². The largest absolute Gasteiger partial charge is 0.466 e. The van der Waals surface area contributed by atoms with Gasteiger partial charge in [-0.15, -0.1) is 0 Å². The Kier molecular flexibility index (Phi) is 51.1. The number of nitrogens with one attached hydrogen (secondary N) is 1. The number of amides is 1. The van der Waals surface area contributed by atoms with E-state index in [1.807, 2.05) is 6.08 Å².